The zero-order chi connectivity index (χ0) is 19.7. The zero-order valence-corrected chi connectivity index (χ0v) is 21.0. The highest BCUT2D eigenvalue weighted by atomic mass is 35.5. The van der Waals surface area contributed by atoms with Crippen molar-refractivity contribution in [3.05, 3.63) is 29.8 Å². The molecule has 168 valence electrons. The molecule has 0 amide bonds. The molecule has 0 unspecified atom stereocenters. The van der Waals surface area contributed by atoms with Crippen LogP contribution in [0.5, 0.6) is 0 Å². The van der Waals surface area contributed by atoms with E-state index in [1.54, 1.807) is 5.56 Å². The summed E-state index contributed by atoms with van der Waals surface area (Å²) in [5.74, 6) is 0.687. The maximum Gasteiger partial charge on any atom is 0.0402 e. The third-order valence-electron chi connectivity index (χ3n) is 6.51. The predicted octanol–water partition coefficient (Wildman–Crippen LogP) is 5.53. The summed E-state index contributed by atoms with van der Waals surface area (Å²) >= 11 is 0. The fraction of sp³-hybridized carbons (Fsp3) is 0.750. The third-order valence-corrected chi connectivity index (χ3v) is 6.51. The number of nitrogens with zero attached hydrogens (tertiary/aromatic N) is 3. The molecule has 3 rings (SSSR count). The maximum atomic E-state index is 2.65. The summed E-state index contributed by atoms with van der Waals surface area (Å²) in [6.07, 6.45) is 3.97. The molecule has 0 radical (unpaired) electrons. The molecule has 1 aromatic rings. The fourth-order valence-electron chi connectivity index (χ4n) is 5.74. The van der Waals surface area contributed by atoms with Crippen LogP contribution in [0, 0.1) is 10.8 Å². The lowest BCUT2D eigenvalue weighted by molar-refractivity contribution is 0.0970. The van der Waals surface area contributed by atoms with Gasteiger partial charge >= 0.3 is 0 Å². The van der Waals surface area contributed by atoms with Crippen LogP contribution in [0.15, 0.2) is 24.3 Å². The number of para-hydroxylation sites is 1. The molecule has 5 heteroatoms. The van der Waals surface area contributed by atoms with E-state index >= 15 is 0 Å². The minimum Gasteiger partial charge on any atom is -0.369 e. The van der Waals surface area contributed by atoms with E-state index in [2.05, 4.69) is 80.8 Å². The van der Waals surface area contributed by atoms with Crippen LogP contribution in [-0.2, 0) is 0 Å². The Kier molecular flexibility index (Phi) is 9.80. The van der Waals surface area contributed by atoms with Gasteiger partial charge in [0.1, 0.15) is 0 Å². The summed E-state index contributed by atoms with van der Waals surface area (Å²) in [4.78, 5) is 7.55. The van der Waals surface area contributed by atoms with E-state index in [1.807, 2.05) is 0 Å². The molecule has 1 aliphatic carbocycles. The lowest BCUT2D eigenvalue weighted by atomic mass is 9.60. The molecule has 1 saturated carbocycles. The smallest absolute Gasteiger partial charge is 0.0402 e. The molecule has 1 heterocycles. The lowest BCUT2D eigenvalue weighted by Gasteiger charge is -2.46. The first-order valence-corrected chi connectivity index (χ1v) is 10.9. The number of hydrogen-bond acceptors (Lipinski definition) is 3. The maximum absolute atomic E-state index is 2.65. The number of hydrogen-bond donors (Lipinski definition) is 0. The van der Waals surface area contributed by atoms with Crippen molar-refractivity contribution in [3.63, 3.8) is 0 Å². The SMILES string of the molecule is CN(C)CCN1CCN(c2ccccc2C2CC(C)(C)CC(C)(C)C2)CC1.Cl.Cl. The van der Waals surface area contributed by atoms with Crippen molar-refractivity contribution in [3.8, 4) is 0 Å². The summed E-state index contributed by atoms with van der Waals surface area (Å²) in [5.41, 5.74) is 3.97. The van der Waals surface area contributed by atoms with Gasteiger partial charge in [0, 0.05) is 45.0 Å². The predicted molar refractivity (Wildman–Crippen MR) is 132 cm³/mol. The quantitative estimate of drug-likeness (QED) is 0.591. The first-order valence-electron chi connectivity index (χ1n) is 10.9. The van der Waals surface area contributed by atoms with Gasteiger partial charge in [-0.25, -0.2) is 0 Å². The summed E-state index contributed by atoms with van der Waals surface area (Å²) in [7, 11) is 4.33. The van der Waals surface area contributed by atoms with E-state index in [4.69, 9.17) is 0 Å². The topological polar surface area (TPSA) is 9.72 Å². The van der Waals surface area contributed by atoms with E-state index in [-0.39, 0.29) is 24.8 Å². The van der Waals surface area contributed by atoms with Gasteiger partial charge in [-0.05, 0) is 61.7 Å². The van der Waals surface area contributed by atoms with Gasteiger partial charge in [0.2, 0.25) is 0 Å². The zero-order valence-electron chi connectivity index (χ0n) is 19.4. The van der Waals surface area contributed by atoms with Crippen molar-refractivity contribution in [2.45, 2.75) is 52.9 Å². The Morgan fingerprint density at radius 3 is 2.00 bits per heavy atom. The highest BCUT2D eigenvalue weighted by molar-refractivity contribution is 5.85. The Balaban J connectivity index is 0.00000210. The molecule has 0 spiro atoms. The number of likely N-dealkylation sites (N-methyl/N-ethyl adjacent to an activating group) is 1. The van der Waals surface area contributed by atoms with Crippen molar-refractivity contribution in [1.29, 1.82) is 0 Å². The van der Waals surface area contributed by atoms with Gasteiger partial charge in [0.05, 0.1) is 0 Å². The summed E-state index contributed by atoms with van der Waals surface area (Å²) < 4.78 is 0. The first kappa shape index (κ1) is 26.6. The van der Waals surface area contributed by atoms with Crippen molar-refractivity contribution in [2.75, 3.05) is 58.3 Å². The largest absolute Gasteiger partial charge is 0.369 e. The highest BCUT2D eigenvalue weighted by Gasteiger charge is 2.39. The second kappa shape index (κ2) is 10.7. The van der Waals surface area contributed by atoms with Crippen LogP contribution in [0.4, 0.5) is 5.69 Å². The highest BCUT2D eigenvalue weighted by Crippen LogP contribution is 2.53. The first-order chi connectivity index (χ1) is 12.7. The van der Waals surface area contributed by atoms with Crippen LogP contribution in [-0.4, -0.2) is 63.2 Å². The second-order valence-electron chi connectivity index (χ2n) is 10.8. The molecule has 0 aromatic heterocycles. The third kappa shape index (κ3) is 7.31. The summed E-state index contributed by atoms with van der Waals surface area (Å²) in [6, 6.07) is 9.27. The van der Waals surface area contributed by atoms with Crippen LogP contribution in [0.25, 0.3) is 0 Å². The summed E-state index contributed by atoms with van der Waals surface area (Å²) in [5, 5.41) is 0. The van der Waals surface area contributed by atoms with Crippen molar-refractivity contribution in [1.82, 2.24) is 9.80 Å². The van der Waals surface area contributed by atoms with Crippen molar-refractivity contribution in [2.24, 2.45) is 10.8 Å². The molecular formula is C24H43Cl2N3. The summed E-state index contributed by atoms with van der Waals surface area (Å²) in [6.45, 7) is 16.9. The van der Waals surface area contributed by atoms with Gasteiger partial charge in [-0.15, -0.1) is 24.8 Å². The molecule has 2 aliphatic rings. The standard InChI is InChI=1S/C24H41N3.2ClH/c1-23(2)17-20(18-24(3,4)19-23)21-9-7-8-10-22(21)27-15-13-26(14-16-27)12-11-25(5)6;;/h7-10,20H,11-19H2,1-6H3;2*1H. The average Bonchev–Trinajstić information content (AvgIpc) is 2.58. The Bertz CT molecular complexity index is 606. The molecule has 0 N–H and O–H groups in total. The van der Waals surface area contributed by atoms with Gasteiger partial charge in [0.15, 0.2) is 0 Å². The minimum atomic E-state index is 0. The second-order valence-corrected chi connectivity index (χ2v) is 10.8. The molecule has 3 nitrogen and oxygen atoms in total. The van der Waals surface area contributed by atoms with Gasteiger partial charge in [-0.1, -0.05) is 45.9 Å². The Morgan fingerprint density at radius 2 is 1.45 bits per heavy atom. The van der Waals surface area contributed by atoms with Crippen molar-refractivity contribution >= 4 is 30.5 Å². The molecule has 1 aromatic carbocycles. The number of benzene rings is 1. The van der Waals surface area contributed by atoms with Crippen LogP contribution >= 0.6 is 24.8 Å². The fourth-order valence-corrected chi connectivity index (χ4v) is 5.74. The minimum absolute atomic E-state index is 0. The molecule has 0 atom stereocenters. The Labute approximate surface area is 192 Å². The lowest BCUT2D eigenvalue weighted by Crippen LogP contribution is -2.48. The molecule has 0 bridgehead atoms. The Morgan fingerprint density at radius 1 is 0.897 bits per heavy atom. The normalized spacial score (nSPS) is 22.1. The molecular weight excluding hydrogens is 401 g/mol. The van der Waals surface area contributed by atoms with Gasteiger partial charge < -0.3 is 9.80 Å². The van der Waals surface area contributed by atoms with E-state index in [9.17, 15) is 0 Å². The van der Waals surface area contributed by atoms with E-state index in [1.165, 1.54) is 44.6 Å². The van der Waals surface area contributed by atoms with Crippen LogP contribution < -0.4 is 4.90 Å². The van der Waals surface area contributed by atoms with E-state index in [0.29, 0.717) is 16.7 Å². The average molecular weight is 445 g/mol. The van der Waals surface area contributed by atoms with Crippen LogP contribution in [0.3, 0.4) is 0 Å². The molecule has 1 aliphatic heterocycles. The Hall–Kier alpha value is -0.480. The van der Waals surface area contributed by atoms with Crippen molar-refractivity contribution < 1.29 is 0 Å². The molecule has 2 fully saturated rings. The number of halogens is 2. The number of anilines is 1. The van der Waals surface area contributed by atoms with E-state index in [0.717, 1.165) is 19.6 Å². The van der Waals surface area contributed by atoms with Gasteiger partial charge in [-0.3, -0.25) is 4.90 Å². The van der Waals surface area contributed by atoms with Gasteiger partial charge in [0.25, 0.3) is 0 Å². The van der Waals surface area contributed by atoms with Gasteiger partial charge in [-0.2, -0.15) is 0 Å². The molecule has 1 saturated heterocycles. The number of piperazine rings is 1. The van der Waals surface area contributed by atoms with Crippen LogP contribution in [0.1, 0.15) is 58.4 Å². The number of rotatable bonds is 5. The molecule has 29 heavy (non-hydrogen) atoms. The monoisotopic (exact) mass is 443 g/mol. The van der Waals surface area contributed by atoms with Crippen LogP contribution in [0.2, 0.25) is 0 Å². The van der Waals surface area contributed by atoms with E-state index < -0.39 is 0 Å².